The molecule has 0 aliphatic rings. The van der Waals surface area contributed by atoms with E-state index >= 15 is 0 Å². The van der Waals surface area contributed by atoms with Crippen molar-refractivity contribution in [2.45, 2.75) is 19.5 Å². The number of nitrogens with zero attached hydrogens (tertiary/aromatic N) is 1. The molecule has 0 heterocycles. The van der Waals surface area contributed by atoms with Crippen LogP contribution in [0.4, 0.5) is 0 Å². The molecule has 1 amide bonds. The van der Waals surface area contributed by atoms with Crippen LogP contribution in [0.5, 0.6) is 0 Å². The van der Waals surface area contributed by atoms with Crippen LogP contribution < -0.4 is 5.32 Å². The van der Waals surface area contributed by atoms with Crippen LogP contribution in [0, 0.1) is 0 Å². The zero-order valence-electron chi connectivity index (χ0n) is 11.7. The van der Waals surface area contributed by atoms with E-state index in [0.717, 1.165) is 6.54 Å². The number of carbonyl (C=O) groups excluding carboxylic acids is 1. The zero-order valence-corrected chi connectivity index (χ0v) is 11.7. The van der Waals surface area contributed by atoms with E-state index in [1.807, 2.05) is 31.0 Å². The molecule has 3 heteroatoms. The van der Waals surface area contributed by atoms with Crippen molar-refractivity contribution in [2.24, 2.45) is 0 Å². The van der Waals surface area contributed by atoms with Crippen molar-refractivity contribution >= 4 is 16.7 Å². The highest BCUT2D eigenvalue weighted by molar-refractivity contribution is 5.83. The van der Waals surface area contributed by atoms with E-state index in [9.17, 15) is 4.79 Å². The quantitative estimate of drug-likeness (QED) is 0.911. The Hall–Kier alpha value is -1.87. The zero-order chi connectivity index (χ0) is 13.8. The number of amides is 1. The largest absolute Gasteiger partial charge is 0.358 e. The first kappa shape index (κ1) is 13.6. The van der Waals surface area contributed by atoms with Gasteiger partial charge in [0.25, 0.3) is 0 Å². The van der Waals surface area contributed by atoms with E-state index < -0.39 is 0 Å². The highest BCUT2D eigenvalue weighted by atomic mass is 16.2. The second-order valence-electron chi connectivity index (χ2n) is 4.89. The monoisotopic (exact) mass is 256 g/mol. The van der Waals surface area contributed by atoms with Crippen LogP contribution >= 0.6 is 0 Å². The minimum absolute atomic E-state index is 0.0447. The summed E-state index contributed by atoms with van der Waals surface area (Å²) in [7, 11) is 3.64. The lowest BCUT2D eigenvalue weighted by molar-refractivity contribution is -0.125. The number of benzene rings is 2. The average molecular weight is 256 g/mol. The van der Waals surface area contributed by atoms with Gasteiger partial charge in [-0.2, -0.15) is 0 Å². The van der Waals surface area contributed by atoms with E-state index in [1.165, 1.54) is 16.3 Å². The van der Waals surface area contributed by atoms with Crippen LogP contribution in [0.2, 0.25) is 0 Å². The van der Waals surface area contributed by atoms with Crippen LogP contribution in [0.15, 0.2) is 42.5 Å². The van der Waals surface area contributed by atoms with Gasteiger partial charge in [0.05, 0.1) is 6.04 Å². The molecule has 100 valence electrons. The second-order valence-corrected chi connectivity index (χ2v) is 4.89. The maximum Gasteiger partial charge on any atom is 0.236 e. The van der Waals surface area contributed by atoms with Gasteiger partial charge in [-0.25, -0.2) is 0 Å². The van der Waals surface area contributed by atoms with Gasteiger partial charge in [0.2, 0.25) is 5.91 Å². The number of rotatable bonds is 4. The van der Waals surface area contributed by atoms with Crippen LogP contribution in [0.1, 0.15) is 12.5 Å². The lowest BCUT2D eigenvalue weighted by Gasteiger charge is -2.23. The van der Waals surface area contributed by atoms with Gasteiger partial charge in [-0.05, 0) is 36.4 Å². The Morgan fingerprint density at radius 1 is 1.21 bits per heavy atom. The number of nitrogens with one attached hydrogen (secondary N) is 1. The molecular formula is C16H20N2O. The minimum Gasteiger partial charge on any atom is -0.358 e. The number of carbonyl (C=O) groups is 1. The molecule has 1 atom stereocenters. The van der Waals surface area contributed by atoms with Crippen LogP contribution in [-0.2, 0) is 11.3 Å². The Morgan fingerprint density at radius 3 is 2.58 bits per heavy atom. The normalized spacial score (nSPS) is 12.6. The molecule has 0 radical (unpaired) electrons. The lowest BCUT2D eigenvalue weighted by Crippen LogP contribution is -2.41. The molecule has 0 unspecified atom stereocenters. The van der Waals surface area contributed by atoms with Gasteiger partial charge in [0, 0.05) is 13.6 Å². The highest BCUT2D eigenvalue weighted by Crippen LogP contribution is 2.17. The summed E-state index contributed by atoms with van der Waals surface area (Å²) in [5.41, 5.74) is 1.22. The van der Waals surface area contributed by atoms with Crippen molar-refractivity contribution < 1.29 is 4.79 Å². The molecule has 0 spiro atoms. The third kappa shape index (κ3) is 3.12. The molecule has 3 nitrogen and oxygen atoms in total. The molecule has 2 aromatic rings. The molecule has 19 heavy (non-hydrogen) atoms. The van der Waals surface area contributed by atoms with Crippen LogP contribution in [-0.4, -0.2) is 30.9 Å². The third-order valence-corrected chi connectivity index (χ3v) is 3.53. The van der Waals surface area contributed by atoms with Gasteiger partial charge < -0.3 is 5.32 Å². The summed E-state index contributed by atoms with van der Waals surface area (Å²) in [6.07, 6.45) is 0. The summed E-state index contributed by atoms with van der Waals surface area (Å²) in [4.78, 5) is 13.6. The van der Waals surface area contributed by atoms with Gasteiger partial charge in [0.15, 0.2) is 0 Å². The fourth-order valence-corrected chi connectivity index (χ4v) is 2.17. The Kier molecular flexibility index (Phi) is 4.17. The summed E-state index contributed by atoms with van der Waals surface area (Å²) in [5.74, 6) is 0.0447. The fraction of sp³-hybridized carbons (Fsp3) is 0.312. The number of hydrogen-bond donors (Lipinski definition) is 1. The van der Waals surface area contributed by atoms with E-state index in [0.29, 0.717) is 0 Å². The van der Waals surface area contributed by atoms with E-state index in [-0.39, 0.29) is 11.9 Å². The molecule has 0 aromatic heterocycles. The minimum atomic E-state index is -0.128. The highest BCUT2D eigenvalue weighted by Gasteiger charge is 2.16. The van der Waals surface area contributed by atoms with Crippen LogP contribution in [0.3, 0.4) is 0 Å². The maximum atomic E-state index is 11.6. The topological polar surface area (TPSA) is 32.3 Å². The maximum absolute atomic E-state index is 11.6. The summed E-state index contributed by atoms with van der Waals surface area (Å²) < 4.78 is 0. The molecule has 0 saturated carbocycles. The smallest absolute Gasteiger partial charge is 0.236 e. The summed E-state index contributed by atoms with van der Waals surface area (Å²) in [6, 6.07) is 14.6. The summed E-state index contributed by atoms with van der Waals surface area (Å²) >= 11 is 0. The number of likely N-dealkylation sites (N-methyl/N-ethyl adjacent to an activating group) is 2. The van der Waals surface area contributed by atoms with Crippen molar-refractivity contribution in [1.82, 2.24) is 10.2 Å². The third-order valence-electron chi connectivity index (χ3n) is 3.53. The van der Waals surface area contributed by atoms with Gasteiger partial charge in [-0.1, -0.05) is 36.4 Å². The number of hydrogen-bond acceptors (Lipinski definition) is 2. The molecule has 1 N–H and O–H groups in total. The van der Waals surface area contributed by atoms with Crippen molar-refractivity contribution in [2.75, 3.05) is 14.1 Å². The predicted octanol–water partition coefficient (Wildman–Crippen LogP) is 2.41. The van der Waals surface area contributed by atoms with E-state index in [2.05, 4.69) is 35.6 Å². The molecule has 0 saturated heterocycles. The predicted molar refractivity (Wildman–Crippen MR) is 78.9 cm³/mol. The first-order valence-corrected chi connectivity index (χ1v) is 6.51. The molecule has 0 bridgehead atoms. The fourth-order valence-electron chi connectivity index (χ4n) is 2.17. The first-order valence-electron chi connectivity index (χ1n) is 6.51. The molecule has 0 fully saturated rings. The second kappa shape index (κ2) is 5.85. The standard InChI is InChI=1S/C16H20N2O/c1-12(16(19)17-2)18(3)11-13-8-9-14-6-4-5-7-15(14)10-13/h4-10,12H,11H2,1-3H3,(H,17,19)/t12-/m1/s1. The van der Waals surface area contributed by atoms with Crippen molar-refractivity contribution in [1.29, 1.82) is 0 Å². The Balaban J connectivity index is 2.14. The number of fused-ring (bicyclic) bond motifs is 1. The Labute approximate surface area is 114 Å². The molecule has 0 aliphatic carbocycles. The molecular weight excluding hydrogens is 236 g/mol. The van der Waals surface area contributed by atoms with Crippen molar-refractivity contribution in [3.05, 3.63) is 48.0 Å². The molecule has 2 rings (SSSR count). The van der Waals surface area contributed by atoms with E-state index in [4.69, 9.17) is 0 Å². The Bertz CT molecular complexity index is 580. The SMILES string of the molecule is CNC(=O)[C@@H](C)N(C)Cc1ccc2ccccc2c1. The molecule has 0 aliphatic heterocycles. The Morgan fingerprint density at radius 2 is 1.89 bits per heavy atom. The van der Waals surface area contributed by atoms with Gasteiger partial charge in [-0.3, -0.25) is 9.69 Å². The lowest BCUT2D eigenvalue weighted by atomic mass is 10.1. The summed E-state index contributed by atoms with van der Waals surface area (Å²) in [6.45, 7) is 2.68. The van der Waals surface area contributed by atoms with Crippen LogP contribution in [0.25, 0.3) is 10.8 Å². The first-order chi connectivity index (χ1) is 9.11. The summed E-state index contributed by atoms with van der Waals surface area (Å²) in [5, 5.41) is 5.16. The molecule has 2 aromatic carbocycles. The average Bonchev–Trinajstić information content (AvgIpc) is 2.45. The van der Waals surface area contributed by atoms with Gasteiger partial charge >= 0.3 is 0 Å². The van der Waals surface area contributed by atoms with E-state index in [1.54, 1.807) is 7.05 Å². The van der Waals surface area contributed by atoms with Gasteiger partial charge in [0.1, 0.15) is 0 Å². The van der Waals surface area contributed by atoms with Crippen molar-refractivity contribution in [3.8, 4) is 0 Å². The van der Waals surface area contributed by atoms with Crippen molar-refractivity contribution in [3.63, 3.8) is 0 Å². The van der Waals surface area contributed by atoms with Gasteiger partial charge in [-0.15, -0.1) is 0 Å².